The highest BCUT2D eigenvalue weighted by Gasteiger charge is 2.14. The molecule has 0 fully saturated rings. The van der Waals surface area contributed by atoms with Gasteiger partial charge in [-0.3, -0.25) is 0 Å². The predicted molar refractivity (Wildman–Crippen MR) is 97.6 cm³/mol. The number of amides is 2. The molecule has 4 nitrogen and oxygen atoms in total. The third kappa shape index (κ3) is 5.01. The Kier molecular flexibility index (Phi) is 6.24. The monoisotopic (exact) mass is 326 g/mol. The van der Waals surface area contributed by atoms with Crippen LogP contribution < -0.4 is 15.4 Å². The van der Waals surface area contributed by atoms with Gasteiger partial charge in [0.15, 0.2) is 0 Å². The lowest BCUT2D eigenvalue weighted by molar-refractivity contribution is 0.238. The van der Waals surface area contributed by atoms with Gasteiger partial charge in [-0.2, -0.15) is 0 Å². The predicted octanol–water partition coefficient (Wildman–Crippen LogP) is 3.91. The molecule has 0 saturated carbocycles. The van der Waals surface area contributed by atoms with Crippen LogP contribution in [0, 0.1) is 13.8 Å². The first-order valence-electron chi connectivity index (χ1n) is 8.24. The third-order valence-corrected chi connectivity index (χ3v) is 3.98. The SMILES string of the molecule is COc1ccc(C)cc1C(C)NC(=O)NCCc1cccc(C)c1. The van der Waals surface area contributed by atoms with Gasteiger partial charge in [0.05, 0.1) is 13.2 Å². The number of urea groups is 1. The molecule has 4 heteroatoms. The number of rotatable bonds is 6. The molecule has 1 unspecified atom stereocenters. The van der Waals surface area contributed by atoms with Crippen molar-refractivity contribution < 1.29 is 9.53 Å². The molecule has 0 aliphatic carbocycles. The summed E-state index contributed by atoms with van der Waals surface area (Å²) < 4.78 is 5.38. The van der Waals surface area contributed by atoms with Crippen molar-refractivity contribution in [2.45, 2.75) is 33.2 Å². The van der Waals surface area contributed by atoms with Crippen LogP contribution in [0.3, 0.4) is 0 Å². The lowest BCUT2D eigenvalue weighted by Gasteiger charge is -2.18. The summed E-state index contributed by atoms with van der Waals surface area (Å²) in [5, 5.41) is 5.88. The highest BCUT2D eigenvalue weighted by Crippen LogP contribution is 2.25. The summed E-state index contributed by atoms with van der Waals surface area (Å²) in [5.74, 6) is 0.785. The van der Waals surface area contributed by atoms with Gasteiger partial charge in [-0.05, 0) is 38.8 Å². The number of hydrogen-bond donors (Lipinski definition) is 2. The Balaban J connectivity index is 1.87. The van der Waals surface area contributed by atoms with Gasteiger partial charge >= 0.3 is 6.03 Å². The Bertz CT molecular complexity index is 698. The number of hydrogen-bond acceptors (Lipinski definition) is 2. The van der Waals surface area contributed by atoms with Crippen LogP contribution in [0.5, 0.6) is 5.75 Å². The molecule has 2 amide bonds. The molecule has 0 spiro atoms. The molecule has 24 heavy (non-hydrogen) atoms. The topological polar surface area (TPSA) is 50.4 Å². The van der Waals surface area contributed by atoms with Gasteiger partial charge in [0, 0.05) is 12.1 Å². The first kappa shape index (κ1) is 17.9. The second kappa shape index (κ2) is 8.39. The normalized spacial score (nSPS) is 11.7. The molecule has 0 aromatic heterocycles. The van der Waals surface area contributed by atoms with E-state index in [1.807, 2.05) is 38.1 Å². The van der Waals surface area contributed by atoms with Gasteiger partial charge in [-0.25, -0.2) is 4.79 Å². The van der Waals surface area contributed by atoms with E-state index in [1.54, 1.807) is 7.11 Å². The van der Waals surface area contributed by atoms with E-state index < -0.39 is 0 Å². The zero-order chi connectivity index (χ0) is 17.5. The van der Waals surface area contributed by atoms with Crippen LogP contribution in [0.1, 0.15) is 35.2 Å². The van der Waals surface area contributed by atoms with Crippen molar-refractivity contribution in [1.82, 2.24) is 10.6 Å². The molecule has 2 N–H and O–H groups in total. The molecule has 0 aliphatic heterocycles. The van der Waals surface area contributed by atoms with Gasteiger partial charge in [-0.1, -0.05) is 47.5 Å². The second-order valence-electron chi connectivity index (χ2n) is 6.11. The van der Waals surface area contributed by atoms with Crippen molar-refractivity contribution in [1.29, 1.82) is 0 Å². The number of benzene rings is 2. The van der Waals surface area contributed by atoms with Crippen molar-refractivity contribution in [2.24, 2.45) is 0 Å². The smallest absolute Gasteiger partial charge is 0.315 e. The standard InChI is InChI=1S/C20H26N2O2/c1-14-6-5-7-17(12-14)10-11-21-20(23)22-16(3)18-13-15(2)8-9-19(18)24-4/h5-9,12-13,16H,10-11H2,1-4H3,(H2,21,22,23). The van der Waals surface area contributed by atoms with E-state index in [9.17, 15) is 4.79 Å². The quantitative estimate of drug-likeness (QED) is 0.845. The zero-order valence-corrected chi connectivity index (χ0v) is 14.8. The maximum Gasteiger partial charge on any atom is 0.315 e. The molecular formula is C20H26N2O2. The first-order chi connectivity index (χ1) is 11.5. The average Bonchev–Trinajstić information content (AvgIpc) is 2.54. The van der Waals surface area contributed by atoms with Crippen molar-refractivity contribution in [3.05, 3.63) is 64.7 Å². The van der Waals surface area contributed by atoms with Crippen molar-refractivity contribution in [3.63, 3.8) is 0 Å². The Morgan fingerprint density at radius 1 is 1.12 bits per heavy atom. The molecule has 2 rings (SSSR count). The van der Waals surface area contributed by atoms with Gasteiger partial charge in [-0.15, -0.1) is 0 Å². The Morgan fingerprint density at radius 3 is 2.58 bits per heavy atom. The number of carbonyl (C=O) groups is 1. The lowest BCUT2D eigenvalue weighted by Crippen LogP contribution is -2.38. The number of aryl methyl sites for hydroxylation is 2. The highest BCUT2D eigenvalue weighted by atomic mass is 16.5. The summed E-state index contributed by atoms with van der Waals surface area (Å²) in [6.07, 6.45) is 0.817. The number of methoxy groups -OCH3 is 1. The molecule has 0 saturated heterocycles. The van der Waals surface area contributed by atoms with E-state index in [-0.39, 0.29) is 12.1 Å². The van der Waals surface area contributed by atoms with E-state index >= 15 is 0 Å². The fourth-order valence-corrected chi connectivity index (χ4v) is 2.71. The van der Waals surface area contributed by atoms with Gasteiger partial charge in [0.2, 0.25) is 0 Å². The van der Waals surface area contributed by atoms with Crippen LogP contribution in [0.25, 0.3) is 0 Å². The summed E-state index contributed by atoms with van der Waals surface area (Å²) in [5.41, 5.74) is 4.58. The Hall–Kier alpha value is -2.49. The fraction of sp³-hybridized carbons (Fsp3) is 0.350. The van der Waals surface area contributed by atoms with Crippen molar-refractivity contribution >= 4 is 6.03 Å². The third-order valence-electron chi connectivity index (χ3n) is 3.98. The molecule has 0 radical (unpaired) electrons. The van der Waals surface area contributed by atoms with Crippen molar-refractivity contribution in [2.75, 3.05) is 13.7 Å². The maximum atomic E-state index is 12.1. The lowest BCUT2D eigenvalue weighted by atomic mass is 10.0. The molecular weight excluding hydrogens is 300 g/mol. The van der Waals surface area contributed by atoms with E-state index in [0.717, 1.165) is 23.3 Å². The molecule has 0 aliphatic rings. The molecule has 128 valence electrons. The summed E-state index contributed by atoms with van der Waals surface area (Å²) in [6.45, 7) is 6.66. The molecule has 1 atom stereocenters. The Morgan fingerprint density at radius 2 is 1.88 bits per heavy atom. The fourth-order valence-electron chi connectivity index (χ4n) is 2.71. The molecule has 0 bridgehead atoms. The minimum atomic E-state index is -0.168. The summed E-state index contributed by atoms with van der Waals surface area (Å²) >= 11 is 0. The van der Waals surface area contributed by atoms with Crippen LogP contribution in [0.15, 0.2) is 42.5 Å². The van der Waals surface area contributed by atoms with Crippen LogP contribution in [-0.4, -0.2) is 19.7 Å². The largest absolute Gasteiger partial charge is 0.496 e. The number of ether oxygens (including phenoxy) is 1. The van der Waals surface area contributed by atoms with E-state index in [2.05, 4.69) is 35.8 Å². The minimum absolute atomic E-state index is 0.126. The van der Waals surface area contributed by atoms with E-state index in [4.69, 9.17) is 4.74 Å². The van der Waals surface area contributed by atoms with Gasteiger partial charge in [0.1, 0.15) is 5.75 Å². The maximum absolute atomic E-state index is 12.1. The number of carbonyl (C=O) groups excluding carboxylic acids is 1. The van der Waals surface area contributed by atoms with Crippen molar-refractivity contribution in [3.8, 4) is 5.75 Å². The van der Waals surface area contributed by atoms with E-state index in [0.29, 0.717) is 6.54 Å². The summed E-state index contributed by atoms with van der Waals surface area (Å²) in [6, 6.07) is 14.0. The molecule has 2 aromatic carbocycles. The molecule has 2 aromatic rings. The Labute approximate surface area is 144 Å². The second-order valence-corrected chi connectivity index (χ2v) is 6.11. The van der Waals surface area contributed by atoms with Crippen LogP contribution in [-0.2, 0) is 6.42 Å². The van der Waals surface area contributed by atoms with Crippen LogP contribution in [0.4, 0.5) is 4.79 Å². The molecule has 0 heterocycles. The average molecular weight is 326 g/mol. The van der Waals surface area contributed by atoms with E-state index in [1.165, 1.54) is 11.1 Å². The van der Waals surface area contributed by atoms with Crippen LogP contribution >= 0.6 is 0 Å². The summed E-state index contributed by atoms with van der Waals surface area (Å²) in [4.78, 5) is 12.1. The van der Waals surface area contributed by atoms with Gasteiger partial charge < -0.3 is 15.4 Å². The van der Waals surface area contributed by atoms with Crippen LogP contribution in [0.2, 0.25) is 0 Å². The first-order valence-corrected chi connectivity index (χ1v) is 8.24. The number of nitrogens with one attached hydrogen (secondary N) is 2. The minimum Gasteiger partial charge on any atom is -0.496 e. The van der Waals surface area contributed by atoms with Gasteiger partial charge in [0.25, 0.3) is 0 Å². The highest BCUT2D eigenvalue weighted by molar-refractivity contribution is 5.74. The summed E-state index contributed by atoms with van der Waals surface area (Å²) in [7, 11) is 1.64. The zero-order valence-electron chi connectivity index (χ0n) is 14.8.